The van der Waals surface area contributed by atoms with Crippen LogP contribution in [0.4, 0.5) is 0 Å². The van der Waals surface area contributed by atoms with Crippen LogP contribution in [0.1, 0.15) is 96.3 Å². The Bertz CT molecular complexity index is 332. The van der Waals surface area contributed by atoms with Gasteiger partial charge in [0.1, 0.15) is 0 Å². The van der Waals surface area contributed by atoms with Crippen molar-refractivity contribution in [2.45, 2.75) is 113 Å². The maximum absolute atomic E-state index is 4.31. The van der Waals surface area contributed by atoms with Gasteiger partial charge in [-0.05, 0) is 0 Å². The second-order valence-electron chi connectivity index (χ2n) is 9.43. The summed E-state index contributed by atoms with van der Waals surface area (Å²) in [6.07, 6.45) is 26.8. The summed E-state index contributed by atoms with van der Waals surface area (Å²) in [4.78, 5) is 0. The van der Waals surface area contributed by atoms with Gasteiger partial charge in [-0.15, -0.1) is 0 Å². The first-order chi connectivity index (χ1) is 11.2. The standard InChI is InChI=1S/C22H41P/c1-3-19-23(2,20-13-7-4-8-14-20,21-15-9-5-10-16-21)22-17-11-6-12-18-22/h3,20-22H,1,4-19H2,2H3. The van der Waals surface area contributed by atoms with E-state index >= 15 is 0 Å². The molecule has 0 unspecified atom stereocenters. The fourth-order valence-corrected chi connectivity index (χ4v) is 16.1. The number of allylic oxidation sites excluding steroid dienone is 1. The Morgan fingerprint density at radius 2 is 0.957 bits per heavy atom. The van der Waals surface area contributed by atoms with Crippen molar-refractivity contribution < 1.29 is 0 Å². The van der Waals surface area contributed by atoms with Crippen LogP contribution >= 0.6 is 6.60 Å². The molecule has 23 heavy (non-hydrogen) atoms. The van der Waals surface area contributed by atoms with Crippen LogP contribution in [0.3, 0.4) is 0 Å². The quantitative estimate of drug-likeness (QED) is 0.363. The van der Waals surface area contributed by atoms with Crippen LogP contribution in [0.5, 0.6) is 0 Å². The number of hydrogen-bond acceptors (Lipinski definition) is 0. The molecule has 0 aliphatic heterocycles. The van der Waals surface area contributed by atoms with Gasteiger partial charge in [-0.3, -0.25) is 0 Å². The second kappa shape index (κ2) is 7.59. The molecule has 0 saturated heterocycles. The molecule has 0 aromatic carbocycles. The Balaban J connectivity index is 2.00. The van der Waals surface area contributed by atoms with E-state index in [1.807, 2.05) is 0 Å². The van der Waals surface area contributed by atoms with Crippen LogP contribution in [-0.4, -0.2) is 29.8 Å². The molecule has 3 fully saturated rings. The molecule has 0 spiro atoms. The molecule has 0 aromatic rings. The third-order valence-electron chi connectivity index (χ3n) is 8.49. The Labute approximate surface area is 145 Å². The summed E-state index contributed by atoms with van der Waals surface area (Å²) in [5.74, 6) is 0. The van der Waals surface area contributed by atoms with Crippen molar-refractivity contribution in [2.75, 3.05) is 12.8 Å². The van der Waals surface area contributed by atoms with Crippen molar-refractivity contribution in [3.8, 4) is 0 Å². The van der Waals surface area contributed by atoms with E-state index in [1.54, 1.807) is 38.5 Å². The summed E-state index contributed by atoms with van der Waals surface area (Å²) < 4.78 is 0. The van der Waals surface area contributed by atoms with Crippen LogP contribution in [0, 0.1) is 0 Å². The molecule has 3 aliphatic rings. The minimum atomic E-state index is -1.72. The van der Waals surface area contributed by atoms with E-state index in [9.17, 15) is 0 Å². The molecule has 0 aromatic heterocycles. The van der Waals surface area contributed by atoms with Crippen molar-refractivity contribution in [3.63, 3.8) is 0 Å². The first-order valence-electron chi connectivity index (χ1n) is 10.8. The molecule has 0 atom stereocenters. The van der Waals surface area contributed by atoms with E-state index in [0.717, 1.165) is 17.0 Å². The summed E-state index contributed by atoms with van der Waals surface area (Å²) >= 11 is 0. The Morgan fingerprint density at radius 3 is 1.22 bits per heavy atom. The molecule has 134 valence electrons. The minimum absolute atomic E-state index is 1.10. The molecule has 3 saturated carbocycles. The number of hydrogen-bond donors (Lipinski definition) is 0. The maximum atomic E-state index is 4.31. The van der Waals surface area contributed by atoms with E-state index < -0.39 is 6.60 Å². The van der Waals surface area contributed by atoms with Gasteiger partial charge >= 0.3 is 145 Å². The van der Waals surface area contributed by atoms with Gasteiger partial charge in [0.2, 0.25) is 0 Å². The molecule has 0 nitrogen and oxygen atoms in total. The van der Waals surface area contributed by atoms with E-state index in [2.05, 4.69) is 19.3 Å². The SMILES string of the molecule is C=CCP(C)(C1CCCCC1)(C1CCCCC1)C1CCCCC1. The monoisotopic (exact) mass is 336 g/mol. The zero-order valence-corrected chi connectivity index (χ0v) is 16.7. The van der Waals surface area contributed by atoms with E-state index in [4.69, 9.17) is 0 Å². The normalized spacial score (nSPS) is 28.1. The van der Waals surface area contributed by atoms with Crippen molar-refractivity contribution in [1.29, 1.82) is 0 Å². The predicted octanol–water partition coefficient (Wildman–Crippen LogP) is 7.35. The molecule has 3 rings (SSSR count). The fourth-order valence-electron chi connectivity index (χ4n) is 7.15. The fraction of sp³-hybridized carbons (Fsp3) is 0.909. The summed E-state index contributed by atoms with van der Waals surface area (Å²) in [7, 11) is 0. The molecular weight excluding hydrogens is 295 g/mol. The topological polar surface area (TPSA) is 0 Å². The van der Waals surface area contributed by atoms with Crippen molar-refractivity contribution in [2.24, 2.45) is 0 Å². The van der Waals surface area contributed by atoms with Gasteiger partial charge in [0.25, 0.3) is 0 Å². The average Bonchev–Trinajstić information content (AvgIpc) is 2.64. The van der Waals surface area contributed by atoms with Crippen LogP contribution in [0.2, 0.25) is 0 Å². The molecule has 0 amide bonds. The zero-order chi connectivity index (χ0) is 16.2. The van der Waals surface area contributed by atoms with Crippen LogP contribution in [0.15, 0.2) is 12.7 Å². The molecular formula is C22H41P. The Hall–Kier alpha value is 0.170. The van der Waals surface area contributed by atoms with Crippen molar-refractivity contribution >= 4 is 6.60 Å². The van der Waals surface area contributed by atoms with Gasteiger partial charge in [-0.25, -0.2) is 0 Å². The van der Waals surface area contributed by atoms with Gasteiger partial charge in [0.05, 0.1) is 0 Å². The number of rotatable bonds is 5. The van der Waals surface area contributed by atoms with Gasteiger partial charge < -0.3 is 0 Å². The van der Waals surface area contributed by atoms with E-state index in [1.165, 1.54) is 63.9 Å². The molecule has 0 bridgehead atoms. The molecule has 0 radical (unpaired) electrons. The molecule has 0 heterocycles. The predicted molar refractivity (Wildman–Crippen MR) is 109 cm³/mol. The Kier molecular flexibility index (Phi) is 5.94. The van der Waals surface area contributed by atoms with Crippen molar-refractivity contribution in [3.05, 3.63) is 12.7 Å². The van der Waals surface area contributed by atoms with Gasteiger partial charge in [0, 0.05) is 0 Å². The first kappa shape index (κ1) is 18.0. The van der Waals surface area contributed by atoms with Gasteiger partial charge in [-0.2, -0.15) is 0 Å². The van der Waals surface area contributed by atoms with Crippen LogP contribution in [-0.2, 0) is 0 Å². The van der Waals surface area contributed by atoms with Crippen molar-refractivity contribution in [1.82, 2.24) is 0 Å². The third-order valence-corrected chi connectivity index (χ3v) is 17.6. The molecule has 0 N–H and O–H groups in total. The van der Waals surface area contributed by atoms with Gasteiger partial charge in [-0.1, -0.05) is 0 Å². The average molecular weight is 337 g/mol. The molecule has 3 aliphatic carbocycles. The zero-order valence-electron chi connectivity index (χ0n) is 15.8. The third kappa shape index (κ3) is 3.19. The summed E-state index contributed by atoms with van der Waals surface area (Å²) in [5, 5.41) is 0. The Morgan fingerprint density at radius 1 is 0.652 bits per heavy atom. The van der Waals surface area contributed by atoms with Gasteiger partial charge in [0.15, 0.2) is 0 Å². The summed E-state index contributed by atoms with van der Waals surface area (Å²) in [5.41, 5.74) is 3.29. The van der Waals surface area contributed by atoms with E-state index in [-0.39, 0.29) is 0 Å². The van der Waals surface area contributed by atoms with Crippen LogP contribution < -0.4 is 0 Å². The first-order valence-corrected chi connectivity index (χ1v) is 13.9. The van der Waals surface area contributed by atoms with Crippen LogP contribution in [0.25, 0.3) is 0 Å². The summed E-state index contributed by atoms with van der Waals surface area (Å²) in [6.45, 7) is 5.52. The summed E-state index contributed by atoms with van der Waals surface area (Å²) in [6, 6.07) is 0. The van der Waals surface area contributed by atoms with E-state index in [0.29, 0.717) is 0 Å². The second-order valence-corrected chi connectivity index (χ2v) is 16.2. The molecule has 1 heteroatoms.